The Labute approximate surface area is 195 Å². The van der Waals surface area contributed by atoms with Gasteiger partial charge in [0.15, 0.2) is 5.96 Å². The molecular weight excluding hydrogens is 493 g/mol. The first-order chi connectivity index (χ1) is 14.1. The number of fused-ring (bicyclic) bond motifs is 1. The molecule has 0 atom stereocenters. The maximum Gasteiger partial charge on any atom is 0.193 e. The van der Waals surface area contributed by atoms with Crippen LogP contribution in [-0.2, 0) is 13.0 Å². The summed E-state index contributed by atoms with van der Waals surface area (Å²) >= 11 is 0. The van der Waals surface area contributed by atoms with Crippen molar-refractivity contribution in [3.8, 4) is 11.5 Å². The fraction of sp³-hybridized carbons (Fsp3) is 0.364. The molecule has 3 aromatic rings. The van der Waals surface area contributed by atoms with Crippen LogP contribution in [0.25, 0.3) is 5.65 Å². The van der Waals surface area contributed by atoms with Crippen molar-refractivity contribution < 1.29 is 9.47 Å². The Hall–Kier alpha value is -2.49. The molecule has 1 N–H and O–H groups in total. The number of aliphatic imine (C=N–C) groups is 1. The highest BCUT2D eigenvalue weighted by Gasteiger charge is 2.11. The van der Waals surface area contributed by atoms with Gasteiger partial charge < -0.3 is 24.1 Å². The normalized spacial score (nSPS) is 11.1. The van der Waals surface area contributed by atoms with Gasteiger partial charge in [0.2, 0.25) is 0 Å². The molecule has 0 aliphatic carbocycles. The van der Waals surface area contributed by atoms with Crippen LogP contribution in [-0.4, -0.2) is 54.6 Å². The minimum atomic E-state index is 0. The number of nitrogens with zero attached hydrogens (tertiary/aromatic N) is 4. The number of guanidine groups is 1. The summed E-state index contributed by atoms with van der Waals surface area (Å²) in [5.41, 5.74) is 3.07. The Kier molecular flexibility index (Phi) is 9.22. The van der Waals surface area contributed by atoms with Gasteiger partial charge in [0.1, 0.15) is 17.1 Å². The third-order valence-electron chi connectivity index (χ3n) is 4.64. The van der Waals surface area contributed by atoms with Crippen molar-refractivity contribution in [3.05, 3.63) is 60.0 Å². The number of hydrogen-bond acceptors (Lipinski definition) is 4. The van der Waals surface area contributed by atoms with Crippen molar-refractivity contribution in [3.63, 3.8) is 0 Å². The zero-order valence-corrected chi connectivity index (χ0v) is 20.3. The standard InChI is InChI=1S/C22H29N5O2.HI/c1-5-23-22(24-12-11-18-16-27-13-7-6-8-21(27)25-18)26(2)15-17-9-10-19(28-3)14-20(17)29-4;/h6-10,13-14,16H,5,11-12,15H2,1-4H3,(H,23,24);1H. The molecule has 2 heterocycles. The summed E-state index contributed by atoms with van der Waals surface area (Å²) in [5, 5.41) is 3.36. The summed E-state index contributed by atoms with van der Waals surface area (Å²) in [7, 11) is 5.35. The van der Waals surface area contributed by atoms with Gasteiger partial charge in [-0.3, -0.25) is 4.99 Å². The Morgan fingerprint density at radius 3 is 2.73 bits per heavy atom. The molecule has 7 nitrogen and oxygen atoms in total. The number of rotatable bonds is 8. The highest BCUT2D eigenvalue weighted by Crippen LogP contribution is 2.25. The van der Waals surface area contributed by atoms with Gasteiger partial charge in [0.25, 0.3) is 0 Å². The van der Waals surface area contributed by atoms with Crippen molar-refractivity contribution in [1.29, 1.82) is 0 Å². The molecule has 0 aliphatic rings. The molecule has 0 amide bonds. The third-order valence-corrected chi connectivity index (χ3v) is 4.64. The zero-order valence-electron chi connectivity index (χ0n) is 18.0. The second-order valence-corrected chi connectivity index (χ2v) is 6.72. The molecule has 0 spiro atoms. The first-order valence-electron chi connectivity index (χ1n) is 9.77. The summed E-state index contributed by atoms with van der Waals surface area (Å²) in [6, 6.07) is 11.9. The van der Waals surface area contributed by atoms with E-state index in [9.17, 15) is 0 Å². The number of ether oxygens (including phenoxy) is 2. The predicted molar refractivity (Wildman–Crippen MR) is 131 cm³/mol. The van der Waals surface area contributed by atoms with E-state index in [2.05, 4.69) is 28.3 Å². The Balaban J connectivity index is 0.00000320. The fourth-order valence-corrected chi connectivity index (χ4v) is 3.17. The van der Waals surface area contributed by atoms with Crippen molar-refractivity contribution in [2.45, 2.75) is 19.9 Å². The molecule has 0 aliphatic heterocycles. The number of nitrogens with one attached hydrogen (secondary N) is 1. The molecule has 8 heteroatoms. The lowest BCUT2D eigenvalue weighted by molar-refractivity contribution is 0.382. The quantitative estimate of drug-likeness (QED) is 0.278. The second-order valence-electron chi connectivity index (χ2n) is 6.72. The average molecular weight is 523 g/mol. The topological polar surface area (TPSA) is 63.4 Å². The van der Waals surface area contributed by atoms with Crippen LogP contribution in [0.5, 0.6) is 11.5 Å². The molecule has 3 rings (SSSR count). The molecule has 162 valence electrons. The lowest BCUT2D eigenvalue weighted by Crippen LogP contribution is -2.38. The number of hydrogen-bond donors (Lipinski definition) is 1. The molecule has 30 heavy (non-hydrogen) atoms. The van der Waals surface area contributed by atoms with Crippen molar-refractivity contribution in [1.82, 2.24) is 19.6 Å². The van der Waals surface area contributed by atoms with E-state index < -0.39 is 0 Å². The predicted octanol–water partition coefficient (Wildman–Crippen LogP) is 3.61. The minimum absolute atomic E-state index is 0. The average Bonchev–Trinajstić information content (AvgIpc) is 3.16. The molecule has 0 saturated carbocycles. The lowest BCUT2D eigenvalue weighted by atomic mass is 10.2. The monoisotopic (exact) mass is 523 g/mol. The first kappa shape index (κ1) is 23.8. The summed E-state index contributed by atoms with van der Waals surface area (Å²) in [6.45, 7) is 4.21. The third kappa shape index (κ3) is 6.01. The van der Waals surface area contributed by atoms with Gasteiger partial charge in [-0.15, -0.1) is 24.0 Å². The number of halogens is 1. The Bertz CT molecular complexity index is 940. The SMILES string of the molecule is CCNC(=NCCc1cn2ccccc2n1)N(C)Cc1ccc(OC)cc1OC.I. The molecular formula is C22H30IN5O2. The van der Waals surface area contributed by atoms with E-state index in [0.717, 1.165) is 47.3 Å². The maximum absolute atomic E-state index is 5.52. The van der Waals surface area contributed by atoms with Crippen molar-refractivity contribution in [2.75, 3.05) is 34.4 Å². The van der Waals surface area contributed by atoms with E-state index in [4.69, 9.17) is 14.5 Å². The number of aromatic nitrogens is 2. The fourth-order valence-electron chi connectivity index (χ4n) is 3.17. The summed E-state index contributed by atoms with van der Waals surface area (Å²) < 4.78 is 12.8. The van der Waals surface area contributed by atoms with E-state index in [1.165, 1.54) is 0 Å². The van der Waals surface area contributed by atoms with E-state index in [1.807, 2.05) is 54.0 Å². The lowest BCUT2D eigenvalue weighted by Gasteiger charge is -2.23. The van der Waals surface area contributed by atoms with Gasteiger partial charge in [-0.2, -0.15) is 0 Å². The van der Waals surface area contributed by atoms with Gasteiger partial charge in [0.05, 0.1) is 19.9 Å². The van der Waals surface area contributed by atoms with Gasteiger partial charge in [-0.05, 0) is 31.2 Å². The van der Waals surface area contributed by atoms with E-state index in [-0.39, 0.29) is 24.0 Å². The molecule has 0 saturated heterocycles. The van der Waals surface area contributed by atoms with Crippen LogP contribution in [0.2, 0.25) is 0 Å². The molecule has 0 radical (unpaired) electrons. The first-order valence-corrected chi connectivity index (χ1v) is 9.77. The summed E-state index contributed by atoms with van der Waals surface area (Å²) in [5.74, 6) is 2.44. The molecule has 2 aromatic heterocycles. The van der Waals surface area contributed by atoms with Crippen molar-refractivity contribution in [2.24, 2.45) is 4.99 Å². The van der Waals surface area contributed by atoms with E-state index in [0.29, 0.717) is 13.1 Å². The number of imidazole rings is 1. The molecule has 0 unspecified atom stereocenters. The van der Waals surface area contributed by atoms with Crippen LogP contribution in [0.1, 0.15) is 18.2 Å². The van der Waals surface area contributed by atoms with Crippen LogP contribution in [0.4, 0.5) is 0 Å². The van der Waals surface area contributed by atoms with Crippen LogP contribution < -0.4 is 14.8 Å². The number of pyridine rings is 1. The summed E-state index contributed by atoms with van der Waals surface area (Å²) in [4.78, 5) is 11.5. The van der Waals surface area contributed by atoms with E-state index in [1.54, 1.807) is 14.2 Å². The highest BCUT2D eigenvalue weighted by atomic mass is 127. The van der Waals surface area contributed by atoms with Crippen LogP contribution in [0.3, 0.4) is 0 Å². The maximum atomic E-state index is 5.52. The van der Waals surface area contributed by atoms with Gasteiger partial charge in [-0.1, -0.05) is 6.07 Å². The number of benzene rings is 1. The van der Waals surface area contributed by atoms with Crippen LogP contribution in [0.15, 0.2) is 53.8 Å². The van der Waals surface area contributed by atoms with E-state index >= 15 is 0 Å². The minimum Gasteiger partial charge on any atom is -0.497 e. The largest absolute Gasteiger partial charge is 0.497 e. The van der Waals surface area contributed by atoms with Crippen molar-refractivity contribution >= 4 is 35.6 Å². The summed E-state index contributed by atoms with van der Waals surface area (Å²) in [6.07, 6.45) is 4.86. The Morgan fingerprint density at radius 1 is 1.20 bits per heavy atom. The smallest absolute Gasteiger partial charge is 0.193 e. The van der Waals surface area contributed by atoms with Gasteiger partial charge in [-0.25, -0.2) is 4.98 Å². The van der Waals surface area contributed by atoms with Crippen LogP contribution in [0, 0.1) is 0 Å². The molecule has 1 aromatic carbocycles. The van der Waals surface area contributed by atoms with Gasteiger partial charge in [0, 0.05) is 57.1 Å². The van der Waals surface area contributed by atoms with Crippen LogP contribution >= 0.6 is 24.0 Å². The Morgan fingerprint density at radius 2 is 2.03 bits per heavy atom. The highest BCUT2D eigenvalue weighted by molar-refractivity contribution is 14.0. The van der Waals surface area contributed by atoms with Gasteiger partial charge >= 0.3 is 0 Å². The molecule has 0 fully saturated rings. The second kappa shape index (κ2) is 11.6. The zero-order chi connectivity index (χ0) is 20.6. The number of methoxy groups -OCH3 is 2. The molecule has 0 bridgehead atoms.